The van der Waals surface area contributed by atoms with Crippen molar-refractivity contribution < 1.29 is 17.9 Å². The lowest BCUT2D eigenvalue weighted by molar-refractivity contribution is 0.275. The highest BCUT2D eigenvalue weighted by atomic mass is 32.2. The Balaban J connectivity index is 3.17. The smallest absolute Gasteiger partial charge is 0.241 e. The summed E-state index contributed by atoms with van der Waals surface area (Å²) in [6.07, 6.45) is 2.02. The summed E-state index contributed by atoms with van der Waals surface area (Å²) < 4.78 is 40.8. The van der Waals surface area contributed by atoms with E-state index in [2.05, 4.69) is 4.72 Å². The SMILES string of the molecule is CCC(CC)(CC)NS(=O)(=O)c1ccc(F)c(CO)c1. The van der Waals surface area contributed by atoms with Crippen LogP contribution in [-0.4, -0.2) is 19.1 Å². The maximum Gasteiger partial charge on any atom is 0.241 e. The fourth-order valence-electron chi connectivity index (χ4n) is 2.15. The fourth-order valence-corrected chi connectivity index (χ4v) is 3.82. The molecule has 0 unspecified atom stereocenters. The van der Waals surface area contributed by atoms with E-state index in [4.69, 9.17) is 5.11 Å². The zero-order valence-electron chi connectivity index (χ0n) is 12.1. The van der Waals surface area contributed by atoms with Crippen LogP contribution < -0.4 is 4.72 Å². The Kier molecular flexibility index (Phi) is 5.68. The van der Waals surface area contributed by atoms with Crippen LogP contribution >= 0.6 is 0 Å². The van der Waals surface area contributed by atoms with Crippen molar-refractivity contribution in [3.8, 4) is 0 Å². The Bertz CT molecular complexity index is 545. The third kappa shape index (κ3) is 3.56. The van der Waals surface area contributed by atoms with E-state index in [-0.39, 0.29) is 10.5 Å². The standard InChI is InChI=1S/C14H22FNO3S/c1-4-14(5-2,6-3)16-20(18,19)12-7-8-13(15)11(9-12)10-17/h7-9,16-17H,4-6,10H2,1-3H3. The number of halogens is 1. The number of nitrogens with one attached hydrogen (secondary N) is 1. The molecule has 0 amide bonds. The van der Waals surface area contributed by atoms with Crippen molar-refractivity contribution in [1.29, 1.82) is 0 Å². The zero-order valence-corrected chi connectivity index (χ0v) is 12.9. The molecule has 0 spiro atoms. The summed E-state index contributed by atoms with van der Waals surface area (Å²) in [6, 6.07) is 3.44. The highest BCUT2D eigenvalue weighted by Crippen LogP contribution is 2.23. The van der Waals surface area contributed by atoms with Gasteiger partial charge in [-0.25, -0.2) is 17.5 Å². The van der Waals surface area contributed by atoms with Crippen molar-refractivity contribution >= 4 is 10.0 Å². The van der Waals surface area contributed by atoms with Gasteiger partial charge >= 0.3 is 0 Å². The Hall–Kier alpha value is -0.980. The molecule has 0 atom stereocenters. The molecule has 0 radical (unpaired) electrons. The van der Waals surface area contributed by atoms with Gasteiger partial charge in [-0.3, -0.25) is 0 Å². The second kappa shape index (κ2) is 6.65. The minimum absolute atomic E-state index is 0.0250. The van der Waals surface area contributed by atoms with Crippen molar-refractivity contribution in [3.05, 3.63) is 29.6 Å². The fraction of sp³-hybridized carbons (Fsp3) is 0.571. The first-order valence-corrected chi connectivity index (χ1v) is 8.25. The van der Waals surface area contributed by atoms with Gasteiger partial charge in [0.15, 0.2) is 0 Å². The third-order valence-corrected chi connectivity index (χ3v) is 5.46. The molecule has 0 saturated heterocycles. The van der Waals surface area contributed by atoms with Gasteiger partial charge in [0.2, 0.25) is 10.0 Å². The molecule has 20 heavy (non-hydrogen) atoms. The van der Waals surface area contributed by atoms with Crippen molar-refractivity contribution in [1.82, 2.24) is 4.72 Å². The van der Waals surface area contributed by atoms with Gasteiger partial charge in [0.1, 0.15) is 5.82 Å². The van der Waals surface area contributed by atoms with Gasteiger partial charge in [-0.1, -0.05) is 20.8 Å². The predicted octanol–water partition coefficient (Wildman–Crippen LogP) is 2.57. The van der Waals surface area contributed by atoms with Crippen LogP contribution in [0, 0.1) is 5.82 Å². The lowest BCUT2D eigenvalue weighted by Crippen LogP contribution is -2.46. The van der Waals surface area contributed by atoms with Crippen LogP contribution in [0.2, 0.25) is 0 Å². The molecule has 1 aromatic rings. The van der Waals surface area contributed by atoms with Gasteiger partial charge < -0.3 is 5.11 Å². The van der Waals surface area contributed by atoms with Crippen molar-refractivity contribution in [2.75, 3.05) is 0 Å². The Morgan fingerprint density at radius 2 is 1.75 bits per heavy atom. The number of sulfonamides is 1. The molecule has 0 aromatic heterocycles. The average molecular weight is 303 g/mol. The molecule has 0 saturated carbocycles. The summed E-state index contributed by atoms with van der Waals surface area (Å²) in [7, 11) is -3.73. The summed E-state index contributed by atoms with van der Waals surface area (Å²) in [5.41, 5.74) is -0.518. The Morgan fingerprint density at radius 3 is 2.20 bits per heavy atom. The van der Waals surface area contributed by atoms with E-state index in [0.29, 0.717) is 19.3 Å². The topological polar surface area (TPSA) is 66.4 Å². The molecule has 1 aromatic carbocycles. The van der Waals surface area contributed by atoms with Gasteiger partial charge in [-0.2, -0.15) is 0 Å². The van der Waals surface area contributed by atoms with Gasteiger partial charge in [0.25, 0.3) is 0 Å². The molecule has 0 aliphatic heterocycles. The van der Waals surface area contributed by atoms with E-state index in [1.54, 1.807) is 0 Å². The van der Waals surface area contributed by atoms with E-state index in [1.165, 1.54) is 12.1 Å². The zero-order chi connectivity index (χ0) is 15.4. The second-order valence-electron chi connectivity index (χ2n) is 4.86. The van der Waals surface area contributed by atoms with E-state index in [9.17, 15) is 12.8 Å². The number of rotatable bonds is 7. The largest absolute Gasteiger partial charge is 0.392 e. The number of benzene rings is 1. The van der Waals surface area contributed by atoms with Gasteiger partial charge in [0.05, 0.1) is 11.5 Å². The maximum absolute atomic E-state index is 13.3. The molecule has 0 bridgehead atoms. The highest BCUT2D eigenvalue weighted by molar-refractivity contribution is 7.89. The summed E-state index contributed by atoms with van der Waals surface area (Å²) in [6.45, 7) is 5.26. The normalized spacial score (nSPS) is 12.7. The Morgan fingerprint density at radius 1 is 1.20 bits per heavy atom. The lowest BCUT2D eigenvalue weighted by atomic mass is 9.91. The minimum Gasteiger partial charge on any atom is -0.392 e. The van der Waals surface area contributed by atoms with Crippen LogP contribution in [-0.2, 0) is 16.6 Å². The van der Waals surface area contributed by atoms with E-state index in [0.717, 1.165) is 6.07 Å². The molecule has 114 valence electrons. The number of aliphatic hydroxyl groups excluding tert-OH is 1. The van der Waals surface area contributed by atoms with Crippen molar-refractivity contribution in [2.45, 2.75) is 57.1 Å². The first-order chi connectivity index (χ1) is 9.34. The van der Waals surface area contributed by atoms with Gasteiger partial charge in [0, 0.05) is 11.1 Å². The lowest BCUT2D eigenvalue weighted by Gasteiger charge is -2.31. The maximum atomic E-state index is 13.3. The van der Waals surface area contributed by atoms with Crippen LogP contribution in [0.5, 0.6) is 0 Å². The number of hydrogen-bond acceptors (Lipinski definition) is 3. The van der Waals surface area contributed by atoms with E-state index in [1.807, 2.05) is 20.8 Å². The molecule has 0 aliphatic rings. The number of hydrogen-bond donors (Lipinski definition) is 2. The van der Waals surface area contributed by atoms with E-state index >= 15 is 0 Å². The quantitative estimate of drug-likeness (QED) is 0.813. The summed E-state index contributed by atoms with van der Waals surface area (Å²) >= 11 is 0. The highest BCUT2D eigenvalue weighted by Gasteiger charge is 2.30. The van der Waals surface area contributed by atoms with Gasteiger partial charge in [-0.05, 0) is 37.5 Å². The molecular formula is C14H22FNO3S. The molecule has 0 fully saturated rings. The molecule has 4 nitrogen and oxygen atoms in total. The van der Waals surface area contributed by atoms with Crippen LogP contribution in [0.1, 0.15) is 45.6 Å². The van der Waals surface area contributed by atoms with E-state index < -0.39 is 28.0 Å². The minimum atomic E-state index is -3.73. The molecule has 2 N–H and O–H groups in total. The predicted molar refractivity (Wildman–Crippen MR) is 76.2 cm³/mol. The van der Waals surface area contributed by atoms with Crippen LogP contribution in [0.3, 0.4) is 0 Å². The van der Waals surface area contributed by atoms with Gasteiger partial charge in [-0.15, -0.1) is 0 Å². The van der Waals surface area contributed by atoms with Crippen molar-refractivity contribution in [3.63, 3.8) is 0 Å². The summed E-state index contributed by atoms with van der Waals surface area (Å²) in [5.74, 6) is -0.612. The first-order valence-electron chi connectivity index (χ1n) is 6.77. The molecule has 6 heteroatoms. The first kappa shape index (κ1) is 17.1. The summed E-state index contributed by atoms with van der Waals surface area (Å²) in [5, 5.41) is 9.02. The Labute approximate surface area is 120 Å². The average Bonchev–Trinajstić information content (AvgIpc) is 2.45. The molecule has 1 rings (SSSR count). The molecular weight excluding hydrogens is 281 g/mol. The number of aliphatic hydroxyl groups is 1. The van der Waals surface area contributed by atoms with Crippen LogP contribution in [0.4, 0.5) is 4.39 Å². The third-order valence-electron chi connectivity index (χ3n) is 3.88. The van der Waals surface area contributed by atoms with Crippen LogP contribution in [0.25, 0.3) is 0 Å². The molecule has 0 heterocycles. The second-order valence-corrected chi connectivity index (χ2v) is 6.54. The molecule has 0 aliphatic carbocycles. The monoisotopic (exact) mass is 303 g/mol. The summed E-state index contributed by atoms with van der Waals surface area (Å²) in [4.78, 5) is -0.0253. The van der Waals surface area contributed by atoms with Crippen molar-refractivity contribution in [2.24, 2.45) is 0 Å². The van der Waals surface area contributed by atoms with Crippen LogP contribution in [0.15, 0.2) is 23.1 Å².